The highest BCUT2D eigenvalue weighted by Gasteiger charge is 2.55. The molecule has 6 nitrogen and oxygen atoms in total. The molecule has 0 spiro atoms. The largest absolute Gasteiger partial charge is 0.374 e. The third-order valence-electron chi connectivity index (χ3n) is 4.08. The van der Waals surface area contributed by atoms with Gasteiger partial charge < -0.3 is 28.4 Å². The van der Waals surface area contributed by atoms with Gasteiger partial charge in [0, 0.05) is 39.6 Å². The summed E-state index contributed by atoms with van der Waals surface area (Å²) in [5.41, 5.74) is 0. The number of ether oxygens (including phenoxy) is 6. The lowest BCUT2D eigenvalue weighted by Crippen LogP contribution is -2.58. The van der Waals surface area contributed by atoms with Crippen molar-refractivity contribution >= 4 is 42.1 Å². The molecule has 2 atom stereocenters. The molecule has 0 saturated heterocycles. The summed E-state index contributed by atoms with van der Waals surface area (Å²) in [6, 6.07) is 0. The van der Waals surface area contributed by atoms with Gasteiger partial charge in [-0.3, -0.25) is 0 Å². The van der Waals surface area contributed by atoms with Crippen molar-refractivity contribution in [1.82, 2.24) is 0 Å². The van der Waals surface area contributed by atoms with Gasteiger partial charge in [0.25, 0.3) is 10.2 Å². The van der Waals surface area contributed by atoms with Gasteiger partial charge >= 0.3 is 0 Å². The normalized spacial score (nSPS) is 17.6. The van der Waals surface area contributed by atoms with E-state index in [1.165, 1.54) is 21.6 Å². The van der Waals surface area contributed by atoms with Crippen LogP contribution in [0.5, 0.6) is 0 Å². The monoisotopic (exact) mass is 474 g/mol. The van der Waals surface area contributed by atoms with Gasteiger partial charge in [0.2, 0.25) is 0 Å². The molecule has 170 valence electrons. The zero-order chi connectivity index (χ0) is 21.9. The fourth-order valence-electron chi connectivity index (χ4n) is 2.84. The zero-order valence-corrected chi connectivity index (χ0v) is 25.1. The van der Waals surface area contributed by atoms with E-state index in [4.69, 9.17) is 28.4 Å². The first kappa shape index (κ1) is 28.9. The van der Waals surface area contributed by atoms with Gasteiger partial charge in [-0.05, 0) is 77.0 Å². The number of rotatable bonds is 17. The SMILES string of the molecule is CCOC(C)([SiH3])C(OCC)(OCC)SSC(OCC)(OCC)C(C)([SiH3])OCC. The maximum atomic E-state index is 6.20. The third kappa shape index (κ3) is 7.24. The Morgan fingerprint density at radius 1 is 0.500 bits per heavy atom. The second-order valence-electron chi connectivity index (χ2n) is 6.90. The predicted octanol–water partition coefficient (Wildman–Crippen LogP) is 2.06. The number of hydrogen-bond acceptors (Lipinski definition) is 8. The molecule has 28 heavy (non-hydrogen) atoms. The molecule has 0 radical (unpaired) electrons. The molecule has 0 saturated carbocycles. The van der Waals surface area contributed by atoms with Crippen molar-refractivity contribution in [3.05, 3.63) is 0 Å². The molecule has 0 aromatic carbocycles. The van der Waals surface area contributed by atoms with Crippen LogP contribution in [0.3, 0.4) is 0 Å². The second kappa shape index (κ2) is 13.3. The van der Waals surface area contributed by atoms with Gasteiger partial charge in [0.15, 0.2) is 0 Å². The quantitative estimate of drug-likeness (QED) is 0.180. The summed E-state index contributed by atoms with van der Waals surface area (Å²) in [4.78, 5) is 0. The minimum absolute atomic E-state index is 0.512. The predicted molar refractivity (Wildman–Crippen MR) is 127 cm³/mol. The minimum Gasteiger partial charge on any atom is -0.374 e. The average molecular weight is 475 g/mol. The lowest BCUT2D eigenvalue weighted by atomic mass is 10.3. The van der Waals surface area contributed by atoms with E-state index in [-0.39, 0.29) is 0 Å². The third-order valence-corrected chi connectivity index (χ3v) is 10.2. The van der Waals surface area contributed by atoms with E-state index in [9.17, 15) is 0 Å². The van der Waals surface area contributed by atoms with Gasteiger partial charge in [-0.1, -0.05) is 0 Å². The first-order chi connectivity index (χ1) is 13.1. The molecular formula is C18H42O6S2Si2. The summed E-state index contributed by atoms with van der Waals surface area (Å²) >= 11 is 0. The molecule has 0 heterocycles. The van der Waals surface area contributed by atoms with Crippen LogP contribution in [0.4, 0.5) is 0 Å². The van der Waals surface area contributed by atoms with E-state index in [2.05, 4.69) is 0 Å². The van der Waals surface area contributed by atoms with Crippen molar-refractivity contribution < 1.29 is 28.4 Å². The van der Waals surface area contributed by atoms with Gasteiger partial charge in [-0.2, -0.15) is 0 Å². The molecule has 0 N–H and O–H groups in total. The van der Waals surface area contributed by atoms with Gasteiger partial charge in [-0.25, -0.2) is 0 Å². The van der Waals surface area contributed by atoms with Gasteiger partial charge in [0.1, 0.15) is 10.4 Å². The van der Waals surface area contributed by atoms with E-state index in [0.29, 0.717) is 39.6 Å². The van der Waals surface area contributed by atoms with Crippen LogP contribution < -0.4 is 0 Å². The molecule has 10 heteroatoms. The molecule has 0 aromatic rings. The van der Waals surface area contributed by atoms with E-state index < -0.39 is 20.7 Å². The summed E-state index contributed by atoms with van der Waals surface area (Å²) in [5.74, 6) is 0. The average Bonchev–Trinajstić information content (AvgIpc) is 2.59. The van der Waals surface area contributed by atoms with Crippen molar-refractivity contribution in [2.75, 3.05) is 39.6 Å². The van der Waals surface area contributed by atoms with Gasteiger partial charge in [0.05, 0.1) is 20.5 Å². The summed E-state index contributed by atoms with van der Waals surface area (Å²) < 4.78 is 37.0. The van der Waals surface area contributed by atoms with Crippen LogP contribution in [0.15, 0.2) is 0 Å². The van der Waals surface area contributed by atoms with Crippen molar-refractivity contribution in [3.8, 4) is 0 Å². The molecule has 0 rings (SSSR count). The lowest BCUT2D eigenvalue weighted by Gasteiger charge is -2.48. The molecule has 0 aliphatic rings. The Kier molecular flexibility index (Phi) is 13.8. The maximum absolute atomic E-state index is 6.20. The lowest BCUT2D eigenvalue weighted by molar-refractivity contribution is -0.242. The molecule has 0 fully saturated rings. The van der Waals surface area contributed by atoms with E-state index >= 15 is 0 Å². The van der Waals surface area contributed by atoms with E-state index in [0.717, 1.165) is 20.5 Å². The molecule has 0 bridgehead atoms. The molecule has 2 unspecified atom stereocenters. The van der Waals surface area contributed by atoms with Crippen molar-refractivity contribution in [2.24, 2.45) is 0 Å². The highest BCUT2D eigenvalue weighted by atomic mass is 33.1. The highest BCUT2D eigenvalue weighted by molar-refractivity contribution is 8.77. The Labute approximate surface area is 186 Å². The van der Waals surface area contributed by atoms with Crippen molar-refractivity contribution in [3.63, 3.8) is 0 Å². The Morgan fingerprint density at radius 2 is 0.714 bits per heavy atom. The first-order valence-electron chi connectivity index (χ1n) is 10.3. The molecular weight excluding hydrogens is 432 g/mol. The van der Waals surface area contributed by atoms with Crippen LogP contribution in [0.1, 0.15) is 55.4 Å². The number of hydrogen-bond donors (Lipinski definition) is 0. The Bertz CT molecular complexity index is 377. The van der Waals surface area contributed by atoms with Crippen LogP contribution in [0, 0.1) is 0 Å². The van der Waals surface area contributed by atoms with E-state index in [1.54, 1.807) is 0 Å². The summed E-state index contributed by atoms with van der Waals surface area (Å²) in [6.07, 6.45) is 0. The molecule has 0 aliphatic heterocycles. The van der Waals surface area contributed by atoms with Crippen LogP contribution in [-0.2, 0) is 28.4 Å². The maximum Gasteiger partial charge on any atom is 0.254 e. The van der Waals surface area contributed by atoms with Crippen LogP contribution in [-0.4, -0.2) is 80.8 Å². The van der Waals surface area contributed by atoms with Crippen molar-refractivity contribution in [1.29, 1.82) is 0 Å². The van der Waals surface area contributed by atoms with Crippen LogP contribution in [0.2, 0.25) is 0 Å². The fourth-order valence-corrected chi connectivity index (χ4v) is 9.34. The first-order valence-corrected chi connectivity index (χ1v) is 14.4. The molecule has 0 amide bonds. The summed E-state index contributed by atoms with van der Waals surface area (Å²) in [6.45, 7) is 19.2. The van der Waals surface area contributed by atoms with Crippen molar-refractivity contribution in [2.45, 2.75) is 76.1 Å². The van der Waals surface area contributed by atoms with Gasteiger partial charge in [-0.15, -0.1) is 0 Å². The second-order valence-corrected chi connectivity index (χ2v) is 13.1. The minimum atomic E-state index is -0.966. The van der Waals surface area contributed by atoms with Crippen LogP contribution >= 0.6 is 21.6 Å². The standard InChI is InChI=1S/C18H42O6S2Si2/c1-9-19-15(7,27)17(21-11-3,22-12-4)25-26-18(23-13-5,24-14-6)16(8,28)20-10-2/h9-14H2,1-8,27-28H3. The topological polar surface area (TPSA) is 55.4 Å². The fraction of sp³-hybridized carbons (Fsp3) is 1.00. The van der Waals surface area contributed by atoms with E-state index in [1.807, 2.05) is 55.4 Å². The Morgan fingerprint density at radius 3 is 0.893 bits per heavy atom. The molecule has 0 aromatic heterocycles. The zero-order valence-electron chi connectivity index (χ0n) is 19.5. The smallest absolute Gasteiger partial charge is 0.254 e. The Hall–Kier alpha value is 0.894. The highest BCUT2D eigenvalue weighted by Crippen LogP contribution is 2.54. The summed E-state index contributed by atoms with van der Waals surface area (Å²) in [7, 11) is 4.42. The molecule has 0 aliphatic carbocycles. The Balaban J connectivity index is 6.02. The summed E-state index contributed by atoms with van der Waals surface area (Å²) in [5, 5.41) is -3.04. The van der Waals surface area contributed by atoms with Crippen LogP contribution in [0.25, 0.3) is 0 Å².